The van der Waals surface area contributed by atoms with Gasteiger partial charge in [-0.3, -0.25) is 0 Å². The molecule has 2 aliphatic carbocycles. The normalized spacial score (nSPS) is 44.6. The highest BCUT2D eigenvalue weighted by Crippen LogP contribution is 2.55. The Morgan fingerprint density at radius 1 is 1.38 bits per heavy atom. The van der Waals surface area contributed by atoms with Crippen LogP contribution in [0.4, 0.5) is 0 Å². The molecule has 2 fully saturated rings. The minimum absolute atomic E-state index is 1.16. The summed E-state index contributed by atoms with van der Waals surface area (Å²) in [6.07, 6.45) is 6.13. The molecule has 0 aromatic carbocycles. The van der Waals surface area contributed by atoms with Crippen LogP contribution in [0, 0.1) is 17.8 Å². The van der Waals surface area contributed by atoms with E-state index in [1.807, 2.05) is 0 Å². The molecule has 2 saturated carbocycles. The van der Waals surface area contributed by atoms with Crippen molar-refractivity contribution in [3.8, 4) is 0 Å². The Morgan fingerprint density at radius 3 is 2.50 bits per heavy atom. The molecule has 46 valence electrons. The first kappa shape index (κ1) is 4.84. The van der Waals surface area contributed by atoms with Gasteiger partial charge in [-0.15, -0.1) is 0 Å². The van der Waals surface area contributed by atoms with Crippen LogP contribution in [0.3, 0.4) is 0 Å². The fourth-order valence-electron chi connectivity index (χ4n) is 1.84. The fraction of sp³-hybridized carbons (Fsp3) is 1.00. The van der Waals surface area contributed by atoms with E-state index in [1.54, 1.807) is 19.3 Å². The van der Waals surface area contributed by atoms with Gasteiger partial charge >= 0.3 is 0 Å². The van der Waals surface area contributed by atoms with Gasteiger partial charge in [-0.2, -0.15) is 0 Å². The van der Waals surface area contributed by atoms with Gasteiger partial charge in [0.1, 0.15) is 0 Å². The van der Waals surface area contributed by atoms with Gasteiger partial charge in [-0.25, -0.2) is 0 Å². The van der Waals surface area contributed by atoms with Crippen LogP contribution < -0.4 is 0 Å². The van der Waals surface area contributed by atoms with Gasteiger partial charge < -0.3 is 0 Å². The Balaban J connectivity index is 1.79. The molecular weight excluding hydrogens is 96.1 g/mol. The molecule has 0 aliphatic heterocycles. The van der Waals surface area contributed by atoms with E-state index in [4.69, 9.17) is 0 Å². The Hall–Kier alpha value is 0. The molecule has 0 spiro atoms. The van der Waals surface area contributed by atoms with Crippen LogP contribution >= 0.6 is 0 Å². The summed E-state index contributed by atoms with van der Waals surface area (Å²) < 4.78 is 0. The maximum atomic E-state index is 2.33. The molecule has 0 aromatic rings. The molecule has 8 heavy (non-hydrogen) atoms. The quantitative estimate of drug-likeness (QED) is 0.512. The lowest BCUT2D eigenvalue weighted by molar-refractivity contribution is 0.616. The number of hydrogen-bond donors (Lipinski definition) is 0. The van der Waals surface area contributed by atoms with Gasteiger partial charge in [0.05, 0.1) is 0 Å². The van der Waals surface area contributed by atoms with Gasteiger partial charge in [0.2, 0.25) is 0 Å². The Morgan fingerprint density at radius 2 is 2.12 bits per heavy atom. The van der Waals surface area contributed by atoms with E-state index in [0.29, 0.717) is 0 Å². The van der Waals surface area contributed by atoms with Crippen LogP contribution in [0.25, 0.3) is 0 Å². The van der Waals surface area contributed by atoms with Gasteiger partial charge in [0.15, 0.2) is 0 Å². The van der Waals surface area contributed by atoms with Gasteiger partial charge in [0.25, 0.3) is 0 Å². The van der Waals surface area contributed by atoms with E-state index in [9.17, 15) is 0 Å². The zero-order valence-electron chi connectivity index (χ0n) is 5.56. The maximum absolute atomic E-state index is 2.33. The first-order valence-corrected chi connectivity index (χ1v) is 3.92. The van der Waals surface area contributed by atoms with Crippen molar-refractivity contribution in [2.45, 2.75) is 32.6 Å². The molecule has 0 N–H and O–H groups in total. The van der Waals surface area contributed by atoms with Gasteiger partial charge in [-0.1, -0.05) is 13.3 Å². The van der Waals surface area contributed by atoms with Crippen molar-refractivity contribution in [3.05, 3.63) is 0 Å². The lowest BCUT2D eigenvalue weighted by Gasteiger charge is -1.87. The molecule has 2 aliphatic rings. The highest BCUT2D eigenvalue weighted by Gasteiger charge is 2.45. The van der Waals surface area contributed by atoms with Crippen molar-refractivity contribution in [1.82, 2.24) is 0 Å². The number of hydrogen-bond acceptors (Lipinski definition) is 0. The molecule has 0 bridgehead atoms. The summed E-state index contributed by atoms with van der Waals surface area (Å²) in [5, 5.41) is 0. The predicted octanol–water partition coefficient (Wildman–Crippen LogP) is 2.44. The third kappa shape index (κ3) is 0.667. The Labute approximate surface area is 51.3 Å². The summed E-state index contributed by atoms with van der Waals surface area (Å²) in [6.45, 7) is 2.33. The minimum Gasteiger partial charge on any atom is -0.0651 e. The summed E-state index contributed by atoms with van der Waals surface area (Å²) in [6, 6.07) is 0. The summed E-state index contributed by atoms with van der Waals surface area (Å²) in [5.74, 6) is 3.54. The van der Waals surface area contributed by atoms with Crippen molar-refractivity contribution >= 4 is 0 Å². The van der Waals surface area contributed by atoms with Crippen molar-refractivity contribution in [3.63, 3.8) is 0 Å². The van der Waals surface area contributed by atoms with E-state index in [0.717, 1.165) is 5.92 Å². The summed E-state index contributed by atoms with van der Waals surface area (Å²) >= 11 is 0. The Kier molecular flexibility index (Phi) is 0.902. The highest BCUT2D eigenvalue weighted by atomic mass is 14.5. The predicted molar refractivity (Wildman–Crippen MR) is 34.6 cm³/mol. The zero-order valence-corrected chi connectivity index (χ0v) is 5.56. The maximum Gasteiger partial charge on any atom is -0.0355 e. The average Bonchev–Trinajstić information content (AvgIpc) is 2.62. The second-order valence-electron chi connectivity index (χ2n) is 3.41. The topological polar surface area (TPSA) is 0 Å². The SMILES string of the molecule is CC[C@@H]1C[C@@H]1C1CC1. The molecule has 0 nitrogen and oxygen atoms in total. The largest absolute Gasteiger partial charge is 0.0651 e. The Bertz CT molecular complexity index is 92.2. The summed E-state index contributed by atoms with van der Waals surface area (Å²) in [4.78, 5) is 0. The monoisotopic (exact) mass is 110 g/mol. The molecule has 0 heterocycles. The summed E-state index contributed by atoms with van der Waals surface area (Å²) in [7, 11) is 0. The van der Waals surface area contributed by atoms with Crippen LogP contribution in [0.15, 0.2) is 0 Å². The molecule has 0 radical (unpaired) electrons. The van der Waals surface area contributed by atoms with Crippen molar-refractivity contribution in [1.29, 1.82) is 0 Å². The third-order valence-electron chi connectivity index (χ3n) is 2.73. The fourth-order valence-corrected chi connectivity index (χ4v) is 1.84. The van der Waals surface area contributed by atoms with E-state index in [1.165, 1.54) is 18.3 Å². The second-order valence-corrected chi connectivity index (χ2v) is 3.41. The van der Waals surface area contributed by atoms with Crippen molar-refractivity contribution in [2.75, 3.05) is 0 Å². The van der Waals surface area contributed by atoms with Gasteiger partial charge in [-0.05, 0) is 37.0 Å². The molecule has 0 heteroatoms. The minimum atomic E-state index is 1.16. The zero-order chi connectivity index (χ0) is 5.56. The molecule has 0 aromatic heterocycles. The van der Waals surface area contributed by atoms with Gasteiger partial charge in [0, 0.05) is 0 Å². The van der Waals surface area contributed by atoms with Crippen LogP contribution in [0.5, 0.6) is 0 Å². The lowest BCUT2D eigenvalue weighted by atomic mass is 10.2. The van der Waals surface area contributed by atoms with E-state index < -0.39 is 0 Å². The van der Waals surface area contributed by atoms with Crippen LogP contribution in [-0.2, 0) is 0 Å². The smallest absolute Gasteiger partial charge is 0.0355 e. The van der Waals surface area contributed by atoms with Crippen LogP contribution in [0.2, 0.25) is 0 Å². The summed E-state index contributed by atoms with van der Waals surface area (Å²) in [5.41, 5.74) is 0. The highest BCUT2D eigenvalue weighted by molar-refractivity contribution is 4.95. The molecule has 2 atom stereocenters. The molecular formula is C8H14. The first-order valence-electron chi connectivity index (χ1n) is 3.92. The van der Waals surface area contributed by atoms with Crippen molar-refractivity contribution < 1.29 is 0 Å². The standard InChI is InChI=1S/C8H14/c1-2-6-5-8(6)7-3-4-7/h6-8H,2-5H2,1H3/t6-,8+/m1/s1. The van der Waals surface area contributed by atoms with E-state index >= 15 is 0 Å². The molecule has 0 saturated heterocycles. The third-order valence-corrected chi connectivity index (χ3v) is 2.73. The molecule has 0 amide bonds. The average molecular weight is 110 g/mol. The van der Waals surface area contributed by atoms with Crippen LogP contribution in [0.1, 0.15) is 32.6 Å². The van der Waals surface area contributed by atoms with E-state index in [2.05, 4.69) is 6.92 Å². The lowest BCUT2D eigenvalue weighted by Crippen LogP contribution is -1.80. The number of rotatable bonds is 2. The second kappa shape index (κ2) is 1.49. The van der Waals surface area contributed by atoms with E-state index in [-0.39, 0.29) is 0 Å². The first-order chi connectivity index (χ1) is 3.92. The molecule has 0 unspecified atom stereocenters. The van der Waals surface area contributed by atoms with Crippen molar-refractivity contribution in [2.24, 2.45) is 17.8 Å². The molecule has 2 rings (SSSR count). The van der Waals surface area contributed by atoms with Crippen LogP contribution in [-0.4, -0.2) is 0 Å².